The average Bonchev–Trinajstić information content (AvgIpc) is 3.96. The molecule has 0 saturated heterocycles. The number of aromatic nitrogens is 1. The molecular formula is C64H44N2. The van der Waals surface area contributed by atoms with Crippen LogP contribution in [-0.4, -0.2) is 4.57 Å². The number of benzene rings is 10. The molecule has 1 spiro atoms. The molecule has 310 valence electrons. The first-order valence-electron chi connectivity index (χ1n) is 23.2. The molecule has 10 aromatic carbocycles. The molecule has 11 aromatic rings. The van der Waals surface area contributed by atoms with Crippen LogP contribution >= 0.6 is 0 Å². The van der Waals surface area contributed by atoms with Crippen LogP contribution in [0.1, 0.15) is 47.2 Å². The minimum absolute atomic E-state index is 0.0527. The first-order valence-corrected chi connectivity index (χ1v) is 23.2. The van der Waals surface area contributed by atoms with E-state index < -0.39 is 5.41 Å². The van der Waals surface area contributed by atoms with E-state index in [0.29, 0.717) is 0 Å². The monoisotopic (exact) mass is 840 g/mol. The van der Waals surface area contributed by atoms with E-state index in [4.69, 9.17) is 0 Å². The predicted octanol–water partition coefficient (Wildman–Crippen LogP) is 16.6. The second kappa shape index (κ2) is 13.7. The zero-order chi connectivity index (χ0) is 43.7. The Morgan fingerprint density at radius 1 is 0.348 bits per heavy atom. The van der Waals surface area contributed by atoms with Crippen molar-refractivity contribution in [2.75, 3.05) is 4.90 Å². The van der Waals surface area contributed by atoms with Crippen LogP contribution in [0.4, 0.5) is 17.1 Å². The molecular weight excluding hydrogens is 797 g/mol. The number of nitrogens with zero attached hydrogens (tertiary/aromatic N) is 2. The molecule has 3 aliphatic rings. The summed E-state index contributed by atoms with van der Waals surface area (Å²) in [5, 5.41) is 2.56. The van der Waals surface area contributed by atoms with Crippen molar-refractivity contribution in [2.24, 2.45) is 0 Å². The maximum Gasteiger partial charge on any atom is 0.0754 e. The molecule has 0 unspecified atom stereocenters. The molecule has 2 heteroatoms. The van der Waals surface area contributed by atoms with Gasteiger partial charge in [-0.05, 0) is 121 Å². The van der Waals surface area contributed by atoms with Crippen molar-refractivity contribution in [3.63, 3.8) is 0 Å². The summed E-state index contributed by atoms with van der Waals surface area (Å²) in [7, 11) is 0. The summed E-state index contributed by atoms with van der Waals surface area (Å²) in [6.45, 7) is 4.71. The van der Waals surface area contributed by atoms with E-state index in [9.17, 15) is 0 Å². The molecule has 2 nitrogen and oxygen atoms in total. The van der Waals surface area contributed by atoms with Gasteiger partial charge in [0.15, 0.2) is 0 Å². The van der Waals surface area contributed by atoms with Gasteiger partial charge < -0.3 is 9.47 Å². The normalized spacial score (nSPS) is 14.2. The molecule has 0 radical (unpaired) electrons. The summed E-state index contributed by atoms with van der Waals surface area (Å²) in [4.78, 5) is 2.42. The van der Waals surface area contributed by atoms with Gasteiger partial charge in [0.2, 0.25) is 0 Å². The summed E-state index contributed by atoms with van der Waals surface area (Å²) < 4.78 is 2.56. The third kappa shape index (κ3) is 4.91. The summed E-state index contributed by atoms with van der Waals surface area (Å²) in [6, 6.07) is 86.2. The molecule has 1 aliphatic heterocycles. The van der Waals surface area contributed by atoms with Crippen LogP contribution in [0.5, 0.6) is 0 Å². The lowest BCUT2D eigenvalue weighted by Gasteiger charge is -2.40. The fraction of sp³-hybridized carbons (Fsp3) is 0.0625. The Morgan fingerprint density at radius 2 is 0.894 bits per heavy atom. The third-order valence-corrected chi connectivity index (χ3v) is 15.2. The Labute approximate surface area is 385 Å². The molecule has 2 aliphatic carbocycles. The maximum atomic E-state index is 2.56. The number of fused-ring (bicyclic) bond motifs is 15. The Balaban J connectivity index is 0.950. The number of anilines is 3. The Bertz CT molecular complexity index is 3750. The molecule has 1 aromatic heterocycles. The van der Waals surface area contributed by atoms with E-state index in [1.54, 1.807) is 0 Å². The number of hydrogen-bond acceptors (Lipinski definition) is 1. The second-order valence-electron chi connectivity index (χ2n) is 18.8. The van der Waals surface area contributed by atoms with Crippen molar-refractivity contribution in [3.8, 4) is 50.2 Å². The molecule has 0 N–H and O–H groups in total. The zero-order valence-electron chi connectivity index (χ0n) is 36.8. The molecule has 0 bridgehead atoms. The SMILES string of the molecule is CC1(C)c2ccccc2-c2ccc(-c3ccc(N(c4ccccc4)c4ccccc4-c4ccc5c(c4)-n4c6ccccc6c6cccc(c64)C54c5ccccc5-c5ccccc54)cc3)cc21. The van der Waals surface area contributed by atoms with Gasteiger partial charge in [0.05, 0.1) is 27.8 Å². The standard InChI is InChI=1S/C64H44N2/c1-63(2)53-25-11-6-20-47(53)50-37-33-42(39-58(50)63)41-31-35-45(36-32-41)65(44-17-4-3-5-18-44)59-29-14-9-19-46(59)43-34-38-56-61(40-43)66-60-30-15-10-23-51(60)52-24-16-28-57(62(52)66)64(56)54-26-12-7-21-48(54)49-22-8-13-27-55(49)64/h3-40H,1-2H3. The van der Waals surface area contributed by atoms with E-state index in [1.807, 2.05) is 0 Å². The summed E-state index contributed by atoms with van der Waals surface area (Å²) in [5.41, 5.74) is 24.7. The van der Waals surface area contributed by atoms with Crippen LogP contribution in [0.3, 0.4) is 0 Å². The fourth-order valence-electron chi connectivity index (χ4n) is 12.3. The number of rotatable bonds is 5. The molecule has 0 amide bonds. The maximum absolute atomic E-state index is 2.56. The summed E-state index contributed by atoms with van der Waals surface area (Å²) >= 11 is 0. The third-order valence-electron chi connectivity index (χ3n) is 15.2. The minimum atomic E-state index is -0.485. The number of para-hydroxylation sites is 4. The van der Waals surface area contributed by atoms with Gasteiger partial charge >= 0.3 is 0 Å². The van der Waals surface area contributed by atoms with Crippen molar-refractivity contribution >= 4 is 38.9 Å². The van der Waals surface area contributed by atoms with Crippen molar-refractivity contribution in [2.45, 2.75) is 24.7 Å². The van der Waals surface area contributed by atoms with E-state index in [2.05, 4.69) is 254 Å². The van der Waals surface area contributed by atoms with Crippen LogP contribution in [0.25, 0.3) is 72.0 Å². The first-order chi connectivity index (χ1) is 32.5. The summed E-state index contributed by atoms with van der Waals surface area (Å²) in [6.07, 6.45) is 0. The minimum Gasteiger partial charge on any atom is -0.310 e. The molecule has 0 fully saturated rings. The van der Waals surface area contributed by atoms with Gasteiger partial charge in [0.1, 0.15) is 0 Å². The van der Waals surface area contributed by atoms with Gasteiger partial charge in [0.25, 0.3) is 0 Å². The first kappa shape index (κ1) is 37.2. The highest BCUT2D eigenvalue weighted by Gasteiger charge is 2.50. The van der Waals surface area contributed by atoms with Crippen LogP contribution < -0.4 is 4.90 Å². The van der Waals surface area contributed by atoms with Crippen LogP contribution in [0.15, 0.2) is 231 Å². The molecule has 2 heterocycles. The van der Waals surface area contributed by atoms with E-state index in [-0.39, 0.29) is 5.41 Å². The highest BCUT2D eigenvalue weighted by molar-refractivity contribution is 6.13. The highest BCUT2D eigenvalue weighted by atomic mass is 15.1. The van der Waals surface area contributed by atoms with Crippen LogP contribution in [-0.2, 0) is 10.8 Å². The van der Waals surface area contributed by atoms with E-state index in [1.165, 1.54) is 105 Å². The van der Waals surface area contributed by atoms with Gasteiger partial charge in [-0.25, -0.2) is 0 Å². The van der Waals surface area contributed by atoms with E-state index in [0.717, 1.165) is 17.1 Å². The largest absolute Gasteiger partial charge is 0.310 e. The van der Waals surface area contributed by atoms with Crippen molar-refractivity contribution in [1.29, 1.82) is 0 Å². The highest BCUT2D eigenvalue weighted by Crippen LogP contribution is 2.61. The van der Waals surface area contributed by atoms with Gasteiger partial charge in [-0.1, -0.05) is 196 Å². The Kier molecular flexibility index (Phi) is 7.70. The molecule has 14 rings (SSSR count). The summed E-state index contributed by atoms with van der Waals surface area (Å²) in [5.74, 6) is 0. The van der Waals surface area contributed by atoms with Gasteiger partial charge in [-0.2, -0.15) is 0 Å². The molecule has 0 saturated carbocycles. The lowest BCUT2D eigenvalue weighted by molar-refractivity contribution is 0.660. The zero-order valence-corrected chi connectivity index (χ0v) is 36.8. The smallest absolute Gasteiger partial charge is 0.0754 e. The Morgan fingerprint density at radius 3 is 1.65 bits per heavy atom. The quantitative estimate of drug-likeness (QED) is 0.168. The van der Waals surface area contributed by atoms with Crippen molar-refractivity contribution in [1.82, 2.24) is 4.57 Å². The van der Waals surface area contributed by atoms with Crippen molar-refractivity contribution < 1.29 is 0 Å². The van der Waals surface area contributed by atoms with Gasteiger partial charge in [0, 0.05) is 33.1 Å². The fourth-order valence-corrected chi connectivity index (χ4v) is 12.3. The predicted molar refractivity (Wildman–Crippen MR) is 275 cm³/mol. The van der Waals surface area contributed by atoms with Crippen LogP contribution in [0, 0.1) is 0 Å². The molecule has 0 atom stereocenters. The second-order valence-corrected chi connectivity index (χ2v) is 18.8. The molecule has 66 heavy (non-hydrogen) atoms. The average molecular weight is 841 g/mol. The Hall–Kier alpha value is -8.20. The number of hydrogen-bond donors (Lipinski definition) is 0. The van der Waals surface area contributed by atoms with Gasteiger partial charge in [-0.3, -0.25) is 0 Å². The lowest BCUT2D eigenvalue weighted by atomic mass is 9.65. The van der Waals surface area contributed by atoms with Gasteiger partial charge in [-0.15, -0.1) is 0 Å². The van der Waals surface area contributed by atoms with Crippen molar-refractivity contribution in [3.05, 3.63) is 264 Å². The topological polar surface area (TPSA) is 8.17 Å². The van der Waals surface area contributed by atoms with E-state index >= 15 is 0 Å². The lowest BCUT2D eigenvalue weighted by Crippen LogP contribution is -2.33. The van der Waals surface area contributed by atoms with Crippen LogP contribution in [0.2, 0.25) is 0 Å².